The van der Waals surface area contributed by atoms with Crippen LogP contribution in [0, 0.1) is 0 Å². The van der Waals surface area contributed by atoms with Gasteiger partial charge in [0.15, 0.2) is 17.6 Å². The smallest absolute Gasteiger partial charge is 0.402 e. The number of rotatable bonds is 6. The predicted octanol–water partition coefficient (Wildman–Crippen LogP) is 3.91. The third-order valence-corrected chi connectivity index (χ3v) is 7.35. The van der Waals surface area contributed by atoms with Gasteiger partial charge in [0.05, 0.1) is 11.8 Å². The fourth-order valence-electron chi connectivity index (χ4n) is 4.47. The zero-order valence-corrected chi connectivity index (χ0v) is 21.3. The minimum atomic E-state index is -4.70. The second-order valence-electron chi connectivity index (χ2n) is 9.15. The number of Topliss-reactive ketones (excluding diaryl/α,β-unsaturated/α-hetero) is 1. The van der Waals surface area contributed by atoms with Crippen molar-refractivity contribution in [1.82, 2.24) is 20.5 Å². The molecule has 2 aromatic carbocycles. The maximum Gasteiger partial charge on any atom is 0.443 e. The van der Waals surface area contributed by atoms with Crippen molar-refractivity contribution in [3.8, 4) is 11.6 Å². The maximum absolute atomic E-state index is 13.5. The molecule has 10 nitrogen and oxygen atoms in total. The number of carbonyl (C=O) groups is 2. The number of alkyl halides is 3. The van der Waals surface area contributed by atoms with E-state index >= 15 is 0 Å². The molecule has 0 radical (unpaired) electrons. The van der Waals surface area contributed by atoms with Gasteiger partial charge in [-0.2, -0.15) is 13.2 Å². The molecule has 4 aromatic rings. The topological polar surface area (TPSA) is 134 Å². The molecule has 0 saturated carbocycles. The fourth-order valence-corrected chi connectivity index (χ4v) is 5.37. The predicted molar refractivity (Wildman–Crippen MR) is 140 cm³/mol. The number of hydrogen-bond acceptors (Lipinski definition) is 10. The molecular formula is C26H20F3N7O3S. The number of amides is 1. The van der Waals surface area contributed by atoms with E-state index in [1.54, 1.807) is 0 Å². The summed E-state index contributed by atoms with van der Waals surface area (Å²) in [4.78, 5) is 33.1. The molecule has 0 bridgehead atoms. The first kappa shape index (κ1) is 25.7. The van der Waals surface area contributed by atoms with Crippen LogP contribution in [0.5, 0.6) is 0 Å². The van der Waals surface area contributed by atoms with Crippen LogP contribution in [0.3, 0.4) is 0 Å². The molecule has 0 aliphatic carbocycles. The Morgan fingerprint density at radius 3 is 2.52 bits per heavy atom. The highest BCUT2D eigenvalue weighted by atomic mass is 32.1. The van der Waals surface area contributed by atoms with E-state index in [1.807, 2.05) is 54.6 Å². The van der Waals surface area contributed by atoms with E-state index < -0.39 is 23.4 Å². The monoisotopic (exact) mass is 567 g/mol. The number of benzene rings is 2. The van der Waals surface area contributed by atoms with Gasteiger partial charge < -0.3 is 20.4 Å². The van der Waals surface area contributed by atoms with Crippen molar-refractivity contribution in [2.24, 2.45) is 4.99 Å². The maximum atomic E-state index is 13.5. The molecule has 14 heteroatoms. The van der Waals surface area contributed by atoms with Crippen LogP contribution in [0.1, 0.15) is 28.1 Å². The SMILES string of the molecule is O=C1C[C@@H](Nc2sc(C(F)(F)F)nc2-c2nnc(N[C@H]3N=C(c4ccccc4)c4ccccc4CC3=O)o2)CN1. The Kier molecular flexibility index (Phi) is 6.54. The van der Waals surface area contributed by atoms with Gasteiger partial charge >= 0.3 is 12.2 Å². The van der Waals surface area contributed by atoms with Gasteiger partial charge in [-0.05, 0) is 5.56 Å². The van der Waals surface area contributed by atoms with Gasteiger partial charge in [-0.25, -0.2) is 4.98 Å². The fraction of sp³-hybridized carbons (Fsp3) is 0.231. The molecule has 204 valence electrons. The molecule has 0 unspecified atom stereocenters. The standard InChI is InChI=1S/C26H20F3N7O3S/c27-26(28,29)24-33-20(23(40-24)31-15-11-18(38)30-12-15)22-35-36-25(39-22)34-21-17(37)10-14-8-4-5-9-16(14)19(32-21)13-6-2-1-3-7-13/h1-9,15,21,31H,10-12H2,(H,30,38)(H,34,36)/t15-,21-/m1/s1. The van der Waals surface area contributed by atoms with E-state index in [-0.39, 0.29) is 53.7 Å². The lowest BCUT2D eigenvalue weighted by atomic mass is 9.96. The number of hydrogen-bond donors (Lipinski definition) is 3. The van der Waals surface area contributed by atoms with Crippen LogP contribution >= 0.6 is 11.3 Å². The van der Waals surface area contributed by atoms with Crippen LogP contribution in [0.25, 0.3) is 11.6 Å². The van der Waals surface area contributed by atoms with Gasteiger partial charge in [0.2, 0.25) is 10.9 Å². The van der Waals surface area contributed by atoms with Crippen LogP contribution in [0.2, 0.25) is 0 Å². The summed E-state index contributed by atoms with van der Waals surface area (Å²) < 4.78 is 46.1. The lowest BCUT2D eigenvalue weighted by molar-refractivity contribution is -0.137. The van der Waals surface area contributed by atoms with Crippen LogP contribution in [-0.2, 0) is 22.2 Å². The molecule has 2 aromatic heterocycles. The number of nitrogens with zero attached hydrogens (tertiary/aromatic N) is 4. The highest BCUT2D eigenvalue weighted by molar-refractivity contribution is 7.16. The second kappa shape index (κ2) is 10.2. The quantitative estimate of drug-likeness (QED) is 0.319. The minimum absolute atomic E-state index is 0.0365. The summed E-state index contributed by atoms with van der Waals surface area (Å²) in [5, 5.41) is 15.1. The number of ketones is 1. The largest absolute Gasteiger partial charge is 0.443 e. The summed E-state index contributed by atoms with van der Waals surface area (Å²) in [7, 11) is 0. The molecular weight excluding hydrogens is 547 g/mol. The highest BCUT2D eigenvalue weighted by Gasteiger charge is 2.38. The van der Waals surface area contributed by atoms with E-state index in [0.717, 1.165) is 16.7 Å². The van der Waals surface area contributed by atoms with E-state index in [0.29, 0.717) is 17.0 Å². The van der Waals surface area contributed by atoms with Crippen molar-refractivity contribution in [2.45, 2.75) is 31.2 Å². The van der Waals surface area contributed by atoms with E-state index in [4.69, 9.17) is 4.42 Å². The first-order valence-electron chi connectivity index (χ1n) is 12.2. The molecule has 2 aliphatic heterocycles. The van der Waals surface area contributed by atoms with Crippen molar-refractivity contribution in [2.75, 3.05) is 17.2 Å². The normalized spacial score (nSPS) is 19.0. The number of aromatic nitrogens is 3. The Morgan fingerprint density at radius 2 is 1.77 bits per heavy atom. The number of fused-ring (bicyclic) bond motifs is 1. The molecule has 0 spiro atoms. The van der Waals surface area contributed by atoms with Crippen LogP contribution < -0.4 is 16.0 Å². The number of carbonyl (C=O) groups excluding carboxylic acids is 2. The zero-order chi connectivity index (χ0) is 27.9. The third-order valence-electron chi connectivity index (χ3n) is 6.32. The summed E-state index contributed by atoms with van der Waals surface area (Å²) in [6, 6.07) is 16.2. The highest BCUT2D eigenvalue weighted by Crippen LogP contribution is 2.41. The molecule has 2 aliphatic rings. The second-order valence-corrected chi connectivity index (χ2v) is 10.1. The van der Waals surface area contributed by atoms with Crippen molar-refractivity contribution in [3.05, 3.63) is 76.3 Å². The Morgan fingerprint density at radius 1 is 1.00 bits per heavy atom. The number of thiazole rings is 1. The Labute approximate surface area is 228 Å². The van der Waals surface area contributed by atoms with Gasteiger partial charge in [-0.1, -0.05) is 71.0 Å². The van der Waals surface area contributed by atoms with Gasteiger partial charge in [0.25, 0.3) is 5.89 Å². The van der Waals surface area contributed by atoms with Crippen molar-refractivity contribution < 1.29 is 27.2 Å². The Bertz CT molecular complexity index is 1620. The summed E-state index contributed by atoms with van der Waals surface area (Å²) >= 11 is 0.378. The Hall–Kier alpha value is -4.59. The number of halogens is 3. The molecule has 3 N–H and O–H groups in total. The molecule has 1 amide bonds. The van der Waals surface area contributed by atoms with Crippen LogP contribution in [-0.4, -0.2) is 51.3 Å². The third kappa shape index (κ3) is 5.17. The molecule has 1 fully saturated rings. The van der Waals surface area contributed by atoms with Gasteiger partial charge in [-0.3, -0.25) is 14.6 Å². The lowest BCUT2D eigenvalue weighted by Crippen LogP contribution is -2.29. The summed E-state index contributed by atoms with van der Waals surface area (Å²) in [6.07, 6.45) is -5.60. The van der Waals surface area contributed by atoms with Gasteiger partial charge in [-0.15, -0.1) is 5.10 Å². The Balaban J connectivity index is 1.31. The molecule has 2 atom stereocenters. The van der Waals surface area contributed by atoms with E-state index in [1.165, 1.54) is 0 Å². The number of aliphatic imine (C=N–C) groups is 1. The average Bonchev–Trinajstić information content (AvgIpc) is 3.65. The molecule has 4 heterocycles. The number of nitrogens with one attached hydrogen (secondary N) is 3. The molecule has 1 saturated heterocycles. The van der Waals surface area contributed by atoms with Crippen LogP contribution in [0.15, 0.2) is 64.0 Å². The summed E-state index contributed by atoms with van der Waals surface area (Å²) in [6.45, 7) is 0.252. The molecule has 40 heavy (non-hydrogen) atoms. The first-order valence-corrected chi connectivity index (χ1v) is 13.0. The van der Waals surface area contributed by atoms with Gasteiger partial charge in [0.1, 0.15) is 5.00 Å². The lowest BCUT2D eigenvalue weighted by Gasteiger charge is -2.12. The minimum Gasteiger partial charge on any atom is -0.402 e. The van der Waals surface area contributed by atoms with E-state index in [9.17, 15) is 22.8 Å². The van der Waals surface area contributed by atoms with Crippen molar-refractivity contribution >= 4 is 39.8 Å². The summed E-state index contributed by atoms with van der Waals surface area (Å²) in [5.74, 6) is -0.757. The first-order chi connectivity index (χ1) is 19.2. The average molecular weight is 568 g/mol. The van der Waals surface area contributed by atoms with Crippen molar-refractivity contribution in [1.29, 1.82) is 0 Å². The molecule has 6 rings (SSSR count). The van der Waals surface area contributed by atoms with Gasteiger partial charge in [0, 0.05) is 30.5 Å². The van der Waals surface area contributed by atoms with E-state index in [2.05, 4.69) is 36.1 Å². The van der Waals surface area contributed by atoms with Crippen molar-refractivity contribution in [3.63, 3.8) is 0 Å². The zero-order valence-electron chi connectivity index (χ0n) is 20.5. The summed E-state index contributed by atoms with van der Waals surface area (Å²) in [5.41, 5.74) is 2.82. The van der Waals surface area contributed by atoms with Crippen LogP contribution in [0.4, 0.5) is 24.2 Å². The number of anilines is 2.